The van der Waals surface area contributed by atoms with E-state index < -0.39 is 0 Å². The Morgan fingerprint density at radius 1 is 1.07 bits per heavy atom. The summed E-state index contributed by atoms with van der Waals surface area (Å²) in [7, 11) is 2.05. The van der Waals surface area contributed by atoms with Gasteiger partial charge in [-0.2, -0.15) is 0 Å². The normalized spacial score (nSPS) is 11.8. The highest BCUT2D eigenvalue weighted by Gasteiger charge is 2.15. The van der Waals surface area contributed by atoms with Gasteiger partial charge in [-0.15, -0.1) is 23.1 Å². The summed E-state index contributed by atoms with van der Waals surface area (Å²) in [5.41, 5.74) is 1.89. The van der Waals surface area contributed by atoms with Gasteiger partial charge in [0, 0.05) is 40.8 Å². The summed E-state index contributed by atoms with van der Waals surface area (Å²) in [5.74, 6) is 0.868. The van der Waals surface area contributed by atoms with E-state index in [9.17, 15) is 4.79 Å². The summed E-state index contributed by atoms with van der Waals surface area (Å²) in [6.45, 7) is 2.71. The van der Waals surface area contributed by atoms with Crippen LogP contribution in [0.2, 0.25) is 0 Å². The van der Waals surface area contributed by atoms with Gasteiger partial charge in [-0.05, 0) is 42.6 Å². The fraction of sp³-hybridized carbons (Fsp3) is 0.227. The highest BCUT2D eigenvalue weighted by Crippen LogP contribution is 2.28. The zero-order valence-corrected chi connectivity index (χ0v) is 17.2. The Kier molecular flexibility index (Phi) is 6.96. The van der Waals surface area contributed by atoms with Crippen molar-refractivity contribution in [2.45, 2.75) is 23.6 Å². The number of anilines is 1. The van der Waals surface area contributed by atoms with E-state index in [1.165, 1.54) is 4.88 Å². The third-order valence-electron chi connectivity index (χ3n) is 4.46. The molecular formula is C22H24N2OS2. The molecular weight excluding hydrogens is 372 g/mol. The van der Waals surface area contributed by atoms with Crippen molar-refractivity contribution in [2.24, 2.45) is 0 Å². The standard InChI is InChI=1S/C22H24N2OS2/c1-17(24(2)18-9-4-3-5-10-18)15-23-22(25)20-12-6-7-13-21(20)27-16-19-11-8-14-26-19/h3-14,17H,15-16H2,1-2H3,(H,23,25)/t17-/m1/s1. The van der Waals surface area contributed by atoms with Crippen molar-refractivity contribution >= 4 is 34.7 Å². The molecule has 0 spiro atoms. The van der Waals surface area contributed by atoms with Gasteiger partial charge in [0.05, 0.1) is 5.56 Å². The number of benzene rings is 2. The Hall–Kier alpha value is -2.24. The van der Waals surface area contributed by atoms with Crippen LogP contribution in [0.1, 0.15) is 22.2 Å². The Morgan fingerprint density at radius 3 is 2.56 bits per heavy atom. The van der Waals surface area contributed by atoms with E-state index >= 15 is 0 Å². The Labute approximate surface area is 169 Å². The lowest BCUT2D eigenvalue weighted by Crippen LogP contribution is -2.40. The molecule has 0 fully saturated rings. The van der Waals surface area contributed by atoms with Crippen molar-refractivity contribution < 1.29 is 4.79 Å². The molecule has 3 nitrogen and oxygen atoms in total. The van der Waals surface area contributed by atoms with Crippen molar-refractivity contribution in [3.8, 4) is 0 Å². The zero-order valence-electron chi connectivity index (χ0n) is 15.6. The van der Waals surface area contributed by atoms with Crippen LogP contribution in [0.15, 0.2) is 77.0 Å². The number of hydrogen-bond donors (Lipinski definition) is 1. The first kappa shape index (κ1) is 19.5. The van der Waals surface area contributed by atoms with Crippen molar-refractivity contribution in [1.29, 1.82) is 0 Å². The fourth-order valence-electron chi connectivity index (χ4n) is 2.71. The largest absolute Gasteiger partial charge is 0.370 e. The second kappa shape index (κ2) is 9.62. The van der Waals surface area contributed by atoms with E-state index in [1.54, 1.807) is 23.1 Å². The molecule has 0 aliphatic heterocycles. The van der Waals surface area contributed by atoms with Gasteiger partial charge >= 0.3 is 0 Å². The molecule has 0 aliphatic carbocycles. The number of likely N-dealkylation sites (N-methyl/N-ethyl adjacent to an activating group) is 1. The van der Waals surface area contributed by atoms with Gasteiger partial charge in [-0.25, -0.2) is 0 Å². The molecule has 0 radical (unpaired) electrons. The first-order valence-electron chi connectivity index (χ1n) is 8.95. The number of amides is 1. The molecule has 3 rings (SSSR count). The van der Waals surface area contributed by atoms with Crippen LogP contribution < -0.4 is 10.2 Å². The first-order chi connectivity index (χ1) is 13.1. The fourth-order valence-corrected chi connectivity index (χ4v) is 4.54. The van der Waals surface area contributed by atoms with Gasteiger partial charge in [0.15, 0.2) is 0 Å². The summed E-state index contributed by atoms with van der Waals surface area (Å²) >= 11 is 3.45. The van der Waals surface area contributed by atoms with E-state index in [1.807, 2.05) is 42.5 Å². The van der Waals surface area contributed by atoms with E-state index in [0.717, 1.165) is 21.9 Å². The van der Waals surface area contributed by atoms with Crippen molar-refractivity contribution in [3.63, 3.8) is 0 Å². The summed E-state index contributed by atoms with van der Waals surface area (Å²) in [4.78, 5) is 17.3. The lowest BCUT2D eigenvalue weighted by molar-refractivity contribution is 0.0948. The number of para-hydroxylation sites is 1. The van der Waals surface area contributed by atoms with Crippen LogP contribution in [0.5, 0.6) is 0 Å². The molecule has 1 atom stereocenters. The van der Waals surface area contributed by atoms with Crippen LogP contribution in [0.4, 0.5) is 5.69 Å². The molecule has 0 saturated carbocycles. The predicted octanol–water partition coefficient (Wildman–Crippen LogP) is 5.30. The van der Waals surface area contributed by atoms with Gasteiger partial charge in [0.1, 0.15) is 0 Å². The van der Waals surface area contributed by atoms with Crippen LogP contribution in [0.3, 0.4) is 0 Å². The van der Waals surface area contributed by atoms with E-state index in [-0.39, 0.29) is 11.9 Å². The second-order valence-corrected chi connectivity index (χ2v) is 8.42. The van der Waals surface area contributed by atoms with Crippen molar-refractivity contribution in [2.75, 3.05) is 18.5 Å². The second-order valence-electron chi connectivity index (χ2n) is 6.37. The average molecular weight is 397 g/mol. The number of nitrogens with zero attached hydrogens (tertiary/aromatic N) is 1. The van der Waals surface area contributed by atoms with Crippen LogP contribution >= 0.6 is 23.1 Å². The summed E-state index contributed by atoms with van der Waals surface area (Å²) in [6, 6.07) is 22.4. The van der Waals surface area contributed by atoms with Gasteiger partial charge in [-0.1, -0.05) is 36.4 Å². The maximum Gasteiger partial charge on any atom is 0.252 e. The predicted molar refractivity (Wildman–Crippen MR) is 117 cm³/mol. The quantitative estimate of drug-likeness (QED) is 0.525. The zero-order chi connectivity index (χ0) is 19.1. The van der Waals surface area contributed by atoms with E-state index in [4.69, 9.17) is 0 Å². The molecule has 1 heterocycles. The lowest BCUT2D eigenvalue weighted by atomic mass is 10.2. The molecule has 0 bridgehead atoms. The number of nitrogens with one attached hydrogen (secondary N) is 1. The minimum absolute atomic E-state index is 0.0161. The summed E-state index contributed by atoms with van der Waals surface area (Å²) < 4.78 is 0. The Balaban J connectivity index is 1.59. The number of thiophene rings is 1. The Morgan fingerprint density at radius 2 is 1.81 bits per heavy atom. The van der Waals surface area contributed by atoms with Crippen molar-refractivity contribution in [3.05, 3.63) is 82.6 Å². The minimum Gasteiger partial charge on any atom is -0.370 e. The summed E-state index contributed by atoms with van der Waals surface area (Å²) in [6.07, 6.45) is 0. The number of carbonyl (C=O) groups excluding carboxylic acids is 1. The molecule has 140 valence electrons. The van der Waals surface area contributed by atoms with Crippen LogP contribution in [0, 0.1) is 0 Å². The molecule has 0 unspecified atom stereocenters. The minimum atomic E-state index is -0.0161. The SMILES string of the molecule is C[C@H](CNC(=O)c1ccccc1SCc1cccs1)N(C)c1ccccc1. The van der Waals surface area contributed by atoms with Crippen LogP contribution in [-0.2, 0) is 5.75 Å². The van der Waals surface area contributed by atoms with E-state index in [2.05, 4.69) is 53.8 Å². The van der Waals surface area contributed by atoms with Crippen LogP contribution in [0.25, 0.3) is 0 Å². The van der Waals surface area contributed by atoms with Gasteiger partial charge in [-0.3, -0.25) is 4.79 Å². The highest BCUT2D eigenvalue weighted by atomic mass is 32.2. The van der Waals surface area contributed by atoms with Gasteiger partial charge < -0.3 is 10.2 Å². The molecule has 2 aromatic carbocycles. The molecule has 5 heteroatoms. The molecule has 3 aromatic rings. The topological polar surface area (TPSA) is 32.3 Å². The number of rotatable bonds is 8. The average Bonchev–Trinajstić information content (AvgIpc) is 3.24. The van der Waals surface area contributed by atoms with Gasteiger partial charge in [0.2, 0.25) is 0 Å². The molecule has 27 heavy (non-hydrogen) atoms. The smallest absolute Gasteiger partial charge is 0.252 e. The number of carbonyl (C=O) groups is 1. The summed E-state index contributed by atoms with van der Waals surface area (Å²) in [5, 5.41) is 5.17. The number of hydrogen-bond acceptors (Lipinski definition) is 4. The molecule has 1 aromatic heterocycles. The van der Waals surface area contributed by atoms with Crippen LogP contribution in [-0.4, -0.2) is 25.5 Å². The molecule has 1 N–H and O–H groups in total. The number of thioether (sulfide) groups is 1. The molecule has 0 saturated heterocycles. The maximum absolute atomic E-state index is 12.8. The van der Waals surface area contributed by atoms with Gasteiger partial charge in [0.25, 0.3) is 5.91 Å². The highest BCUT2D eigenvalue weighted by molar-refractivity contribution is 7.98. The Bertz CT molecular complexity index is 850. The lowest BCUT2D eigenvalue weighted by Gasteiger charge is -2.27. The molecule has 0 aliphatic rings. The monoisotopic (exact) mass is 396 g/mol. The third-order valence-corrected chi connectivity index (χ3v) is 6.65. The first-order valence-corrected chi connectivity index (χ1v) is 10.8. The maximum atomic E-state index is 12.8. The third kappa shape index (κ3) is 5.37. The van der Waals surface area contributed by atoms with E-state index in [0.29, 0.717) is 6.54 Å². The molecule has 1 amide bonds. The van der Waals surface area contributed by atoms with Crippen molar-refractivity contribution in [1.82, 2.24) is 5.32 Å².